The normalized spacial score (nSPS) is 14.2. The molecule has 14 heteroatoms. The van der Waals surface area contributed by atoms with Crippen molar-refractivity contribution in [3.63, 3.8) is 0 Å². The maximum Gasteiger partial charge on any atom is 0.326 e. The van der Waals surface area contributed by atoms with Crippen LogP contribution in [-0.4, -0.2) is 84.0 Å². The number of unbranched alkanes of at least 4 members (excludes halogenated alkanes) is 1. The first kappa shape index (κ1) is 31.4. The Kier molecular flexibility index (Phi) is 16.5. The van der Waals surface area contributed by atoms with E-state index in [0.29, 0.717) is 38.0 Å². The number of nitrogens with one attached hydrogen (secondary N) is 3. The van der Waals surface area contributed by atoms with E-state index in [2.05, 4.69) is 20.9 Å². The van der Waals surface area contributed by atoms with Crippen molar-refractivity contribution >= 4 is 41.4 Å². The average Bonchev–Trinajstić information content (AvgIpc) is 2.77. The smallest absolute Gasteiger partial charge is 0.326 e. The summed E-state index contributed by atoms with van der Waals surface area (Å²) >= 11 is 1.50. The van der Waals surface area contributed by atoms with Crippen LogP contribution < -0.4 is 38.9 Å². The van der Waals surface area contributed by atoms with Crippen LogP contribution in [0.4, 0.5) is 0 Å². The molecule has 4 unspecified atom stereocenters. The van der Waals surface area contributed by atoms with Crippen molar-refractivity contribution in [2.24, 2.45) is 27.9 Å². The maximum absolute atomic E-state index is 12.7. The summed E-state index contributed by atoms with van der Waals surface area (Å²) in [5.41, 5.74) is 21.8. The molecular formula is C20H40N8O5S. The lowest BCUT2D eigenvalue weighted by atomic mass is 10.1. The first-order chi connectivity index (χ1) is 16.0. The minimum atomic E-state index is -1.22. The van der Waals surface area contributed by atoms with E-state index in [9.17, 15) is 24.3 Å². The van der Waals surface area contributed by atoms with Crippen molar-refractivity contribution in [1.29, 1.82) is 0 Å². The zero-order chi connectivity index (χ0) is 26.1. The fraction of sp³-hybridized carbons (Fsp3) is 0.750. The van der Waals surface area contributed by atoms with Gasteiger partial charge in [-0.05, 0) is 57.6 Å². The molecule has 0 saturated heterocycles. The quantitative estimate of drug-likeness (QED) is 0.0569. The Labute approximate surface area is 204 Å². The highest BCUT2D eigenvalue weighted by molar-refractivity contribution is 7.98. The first-order valence-corrected chi connectivity index (χ1v) is 12.6. The molecule has 0 radical (unpaired) electrons. The van der Waals surface area contributed by atoms with Crippen LogP contribution in [0.25, 0.3) is 0 Å². The van der Waals surface area contributed by atoms with Crippen LogP contribution >= 0.6 is 11.8 Å². The lowest BCUT2D eigenvalue weighted by molar-refractivity contribution is -0.142. The van der Waals surface area contributed by atoms with Crippen LogP contribution in [0.3, 0.4) is 0 Å². The molecule has 0 saturated carbocycles. The first-order valence-electron chi connectivity index (χ1n) is 11.2. The number of amides is 3. The second-order valence-corrected chi connectivity index (χ2v) is 8.80. The van der Waals surface area contributed by atoms with E-state index >= 15 is 0 Å². The number of nitrogens with two attached hydrogens (primary N) is 4. The SMILES string of the molecule is CSCCC(NC(=O)C(N)CCCCN)C(=O)NC(C)C(=O)NC(CCCN=C(N)N)C(=O)O. The molecule has 0 fully saturated rings. The topological polar surface area (TPSA) is 241 Å². The Morgan fingerprint density at radius 1 is 0.912 bits per heavy atom. The van der Waals surface area contributed by atoms with Crippen molar-refractivity contribution < 1.29 is 24.3 Å². The van der Waals surface area contributed by atoms with E-state index in [4.69, 9.17) is 22.9 Å². The minimum absolute atomic E-state index is 0.104. The molecule has 0 rings (SSSR count). The Balaban J connectivity index is 4.93. The van der Waals surface area contributed by atoms with Gasteiger partial charge in [-0.2, -0.15) is 11.8 Å². The molecule has 0 aliphatic carbocycles. The fourth-order valence-electron chi connectivity index (χ4n) is 2.86. The highest BCUT2D eigenvalue weighted by atomic mass is 32.2. The number of thioether (sulfide) groups is 1. The third-order valence-electron chi connectivity index (χ3n) is 4.86. The number of aliphatic imine (C=N–C) groups is 1. The van der Waals surface area contributed by atoms with Crippen molar-refractivity contribution in [3.8, 4) is 0 Å². The van der Waals surface area contributed by atoms with Gasteiger partial charge in [-0.1, -0.05) is 6.42 Å². The van der Waals surface area contributed by atoms with Gasteiger partial charge in [0.25, 0.3) is 0 Å². The number of carboxylic acid groups (broad SMARTS) is 1. The molecule has 0 aromatic carbocycles. The largest absolute Gasteiger partial charge is 0.480 e. The molecule has 0 heterocycles. The molecule has 0 bridgehead atoms. The number of aliphatic carboxylic acids is 1. The minimum Gasteiger partial charge on any atom is -0.480 e. The maximum atomic E-state index is 12.7. The summed E-state index contributed by atoms with van der Waals surface area (Å²) in [6.45, 7) is 2.16. The Hall–Kier alpha value is -2.58. The summed E-state index contributed by atoms with van der Waals surface area (Å²) in [5.74, 6) is -2.41. The zero-order valence-electron chi connectivity index (χ0n) is 19.9. The molecule has 12 N–H and O–H groups in total. The highest BCUT2D eigenvalue weighted by Gasteiger charge is 2.28. The molecule has 0 spiro atoms. The monoisotopic (exact) mass is 504 g/mol. The van der Waals surface area contributed by atoms with Crippen molar-refractivity contribution in [1.82, 2.24) is 16.0 Å². The molecule has 196 valence electrons. The molecule has 0 aliphatic heterocycles. The fourth-order valence-corrected chi connectivity index (χ4v) is 3.33. The van der Waals surface area contributed by atoms with Crippen LogP contribution in [0, 0.1) is 0 Å². The molecule has 3 amide bonds. The van der Waals surface area contributed by atoms with Crippen molar-refractivity contribution in [2.75, 3.05) is 25.1 Å². The number of hydrogen-bond donors (Lipinski definition) is 8. The summed E-state index contributed by atoms with van der Waals surface area (Å²) in [5, 5.41) is 16.9. The lowest BCUT2D eigenvalue weighted by Crippen LogP contribution is -2.56. The molecular weight excluding hydrogens is 464 g/mol. The molecule has 34 heavy (non-hydrogen) atoms. The van der Waals surface area contributed by atoms with Gasteiger partial charge in [0.1, 0.15) is 18.1 Å². The van der Waals surface area contributed by atoms with Gasteiger partial charge in [-0.15, -0.1) is 0 Å². The van der Waals surface area contributed by atoms with Crippen LogP contribution in [0.1, 0.15) is 45.4 Å². The van der Waals surface area contributed by atoms with Gasteiger partial charge in [-0.3, -0.25) is 19.4 Å². The second-order valence-electron chi connectivity index (χ2n) is 7.81. The summed E-state index contributed by atoms with van der Waals surface area (Å²) in [4.78, 5) is 52.8. The zero-order valence-corrected chi connectivity index (χ0v) is 20.7. The van der Waals surface area contributed by atoms with Gasteiger partial charge < -0.3 is 44.0 Å². The Morgan fingerprint density at radius 3 is 2.12 bits per heavy atom. The summed E-state index contributed by atoms with van der Waals surface area (Å²) in [6, 6.07) is -3.85. The molecule has 0 aromatic heterocycles. The van der Waals surface area contributed by atoms with Gasteiger partial charge in [0, 0.05) is 6.54 Å². The number of rotatable bonds is 18. The Morgan fingerprint density at radius 2 is 1.56 bits per heavy atom. The van der Waals surface area contributed by atoms with E-state index in [-0.39, 0.29) is 18.9 Å². The van der Waals surface area contributed by atoms with Crippen molar-refractivity contribution in [3.05, 3.63) is 0 Å². The van der Waals surface area contributed by atoms with Gasteiger partial charge in [-0.25, -0.2) is 4.79 Å². The molecule has 0 aliphatic rings. The second kappa shape index (κ2) is 17.8. The van der Waals surface area contributed by atoms with E-state index in [1.807, 2.05) is 6.26 Å². The van der Waals surface area contributed by atoms with E-state index in [1.54, 1.807) is 0 Å². The number of carbonyl (C=O) groups is 4. The predicted molar refractivity (Wildman–Crippen MR) is 133 cm³/mol. The van der Waals surface area contributed by atoms with Gasteiger partial charge >= 0.3 is 5.97 Å². The van der Waals surface area contributed by atoms with E-state index < -0.39 is 47.9 Å². The molecule has 0 aromatic rings. The standard InChI is InChI=1S/C20H40N8O5S/c1-12(16(29)28-15(19(32)33)7-5-10-25-20(23)24)26-18(31)14(8-11-34-2)27-17(30)13(22)6-3-4-9-21/h12-15H,3-11,21-22H2,1-2H3,(H,26,31)(H,27,30)(H,28,29)(H,32,33)(H4,23,24,25). The van der Waals surface area contributed by atoms with E-state index in [1.165, 1.54) is 18.7 Å². The van der Waals surface area contributed by atoms with Gasteiger partial charge in [0.05, 0.1) is 6.04 Å². The summed E-state index contributed by atoms with van der Waals surface area (Å²) in [6.07, 6.45) is 4.53. The Bertz CT molecular complexity index is 690. The number of guanidine groups is 1. The summed E-state index contributed by atoms with van der Waals surface area (Å²) in [7, 11) is 0. The van der Waals surface area contributed by atoms with Crippen molar-refractivity contribution in [2.45, 2.75) is 69.6 Å². The lowest BCUT2D eigenvalue weighted by Gasteiger charge is -2.23. The average molecular weight is 505 g/mol. The van der Waals surface area contributed by atoms with Gasteiger partial charge in [0.15, 0.2) is 5.96 Å². The summed E-state index contributed by atoms with van der Waals surface area (Å²) < 4.78 is 0. The van der Waals surface area contributed by atoms with Crippen LogP contribution in [-0.2, 0) is 19.2 Å². The number of nitrogens with zero attached hydrogens (tertiary/aromatic N) is 1. The van der Waals surface area contributed by atoms with Crippen LogP contribution in [0.15, 0.2) is 4.99 Å². The number of carboxylic acids is 1. The molecule has 13 nitrogen and oxygen atoms in total. The predicted octanol–water partition coefficient (Wildman–Crippen LogP) is -2.19. The number of hydrogen-bond acceptors (Lipinski definition) is 8. The third-order valence-corrected chi connectivity index (χ3v) is 5.51. The van der Waals surface area contributed by atoms with Crippen LogP contribution in [0.5, 0.6) is 0 Å². The highest BCUT2D eigenvalue weighted by Crippen LogP contribution is 2.05. The van der Waals surface area contributed by atoms with E-state index in [0.717, 1.165) is 6.42 Å². The van der Waals surface area contributed by atoms with Crippen LogP contribution in [0.2, 0.25) is 0 Å². The third kappa shape index (κ3) is 13.9. The molecule has 4 atom stereocenters. The number of carbonyl (C=O) groups excluding carboxylic acids is 3. The van der Waals surface area contributed by atoms with Gasteiger partial charge in [0.2, 0.25) is 17.7 Å².